The van der Waals surface area contributed by atoms with E-state index in [2.05, 4.69) is 4.52 Å². The molecule has 0 aliphatic carbocycles. The number of ether oxygens (including phenoxy) is 4. The maximum atomic E-state index is 11.1. The zero-order valence-electron chi connectivity index (χ0n) is 16.3. The zero-order chi connectivity index (χ0) is 20.0. The first-order valence-electron chi connectivity index (χ1n) is 7.72. The summed E-state index contributed by atoms with van der Waals surface area (Å²) in [6, 6.07) is 8.29. The van der Waals surface area contributed by atoms with Gasteiger partial charge < -0.3 is 23.5 Å². The van der Waals surface area contributed by atoms with Gasteiger partial charge in [-0.15, -0.1) is 0 Å². The summed E-state index contributed by atoms with van der Waals surface area (Å²) < 4.78 is 36.8. The minimum absolute atomic E-state index is 0. The van der Waals surface area contributed by atoms with E-state index in [0.29, 0.717) is 22.8 Å². The predicted octanol–water partition coefficient (Wildman–Crippen LogP) is 2.98. The molecule has 0 saturated carbocycles. The molecule has 28 heavy (non-hydrogen) atoms. The van der Waals surface area contributed by atoms with E-state index >= 15 is 0 Å². The SMILES string of the molecule is COc1ccc(/C=C\c2cc(OC)c(OC)c(OC)c2)cc1OP(=O)(O)O.[Na]. The second-order valence-electron chi connectivity index (χ2n) is 5.28. The molecule has 0 amide bonds. The molecule has 2 N–H and O–H groups in total. The molecule has 0 aliphatic rings. The maximum Gasteiger partial charge on any atom is 0.524 e. The third-order valence-corrected chi connectivity index (χ3v) is 3.99. The molecule has 2 aromatic rings. The fourth-order valence-corrected chi connectivity index (χ4v) is 2.79. The molecule has 147 valence electrons. The van der Waals surface area contributed by atoms with E-state index in [1.807, 2.05) is 0 Å². The van der Waals surface area contributed by atoms with Crippen LogP contribution in [-0.2, 0) is 4.57 Å². The van der Waals surface area contributed by atoms with E-state index in [0.717, 1.165) is 5.56 Å². The second-order valence-corrected chi connectivity index (χ2v) is 6.45. The number of phosphoric ester groups is 1. The number of hydrogen-bond acceptors (Lipinski definition) is 6. The normalized spacial score (nSPS) is 10.9. The first-order valence-corrected chi connectivity index (χ1v) is 9.25. The summed E-state index contributed by atoms with van der Waals surface area (Å²) in [7, 11) is 1.26. The second kappa shape index (κ2) is 10.8. The van der Waals surface area contributed by atoms with Gasteiger partial charge in [-0.3, -0.25) is 9.79 Å². The van der Waals surface area contributed by atoms with E-state index in [4.69, 9.17) is 28.7 Å². The quantitative estimate of drug-likeness (QED) is 0.382. The summed E-state index contributed by atoms with van der Waals surface area (Å²) in [6.45, 7) is 0. The van der Waals surface area contributed by atoms with Crippen LogP contribution >= 0.6 is 7.82 Å². The van der Waals surface area contributed by atoms with Crippen molar-refractivity contribution in [2.75, 3.05) is 28.4 Å². The minimum Gasteiger partial charge on any atom is -0.493 e. The van der Waals surface area contributed by atoms with Crippen LogP contribution < -0.4 is 23.5 Å². The number of methoxy groups -OCH3 is 4. The van der Waals surface area contributed by atoms with Crippen LogP contribution in [0.15, 0.2) is 30.3 Å². The largest absolute Gasteiger partial charge is 0.524 e. The van der Waals surface area contributed by atoms with Gasteiger partial charge in [0.15, 0.2) is 23.0 Å². The molecule has 10 heteroatoms. The van der Waals surface area contributed by atoms with E-state index in [1.54, 1.807) is 36.4 Å². The summed E-state index contributed by atoms with van der Waals surface area (Å²) >= 11 is 0. The standard InChI is InChI=1S/C18H21O8P.Na/c1-22-14-8-7-12(9-15(14)26-27(19,20)21)5-6-13-10-16(23-2)18(25-4)17(11-13)24-3;/h5-11H,1-4H3,(H2,19,20,21);/b6-5-;. The van der Waals surface area contributed by atoms with E-state index in [9.17, 15) is 4.57 Å². The van der Waals surface area contributed by atoms with Crippen LogP contribution in [0.25, 0.3) is 12.2 Å². The smallest absolute Gasteiger partial charge is 0.493 e. The van der Waals surface area contributed by atoms with Crippen molar-refractivity contribution in [1.82, 2.24) is 0 Å². The van der Waals surface area contributed by atoms with Gasteiger partial charge in [0, 0.05) is 29.6 Å². The average molecular weight is 419 g/mol. The topological polar surface area (TPSA) is 104 Å². The average Bonchev–Trinajstić information content (AvgIpc) is 2.64. The van der Waals surface area contributed by atoms with Gasteiger partial charge in [-0.25, -0.2) is 4.57 Å². The molecule has 1 radical (unpaired) electrons. The van der Waals surface area contributed by atoms with Crippen molar-refractivity contribution in [3.05, 3.63) is 41.5 Å². The van der Waals surface area contributed by atoms with Crippen LogP contribution in [0.1, 0.15) is 11.1 Å². The first-order chi connectivity index (χ1) is 12.8. The van der Waals surface area contributed by atoms with Gasteiger partial charge in [0.25, 0.3) is 0 Å². The molecule has 0 spiro atoms. The van der Waals surface area contributed by atoms with Gasteiger partial charge in [-0.05, 0) is 35.4 Å². The van der Waals surface area contributed by atoms with Crippen molar-refractivity contribution >= 4 is 49.5 Å². The van der Waals surface area contributed by atoms with Gasteiger partial charge >= 0.3 is 7.82 Å². The molecule has 0 unspecified atom stereocenters. The molecule has 0 bridgehead atoms. The fraction of sp³-hybridized carbons (Fsp3) is 0.222. The van der Waals surface area contributed by atoms with E-state index in [-0.39, 0.29) is 41.1 Å². The number of phosphoric acid groups is 1. The molecule has 0 saturated heterocycles. The van der Waals surface area contributed by atoms with Crippen LogP contribution in [0.2, 0.25) is 0 Å². The Morgan fingerprint density at radius 1 is 0.750 bits per heavy atom. The monoisotopic (exact) mass is 419 g/mol. The Balaban J connectivity index is 0.00000392. The molecule has 2 rings (SSSR count). The molecule has 2 aromatic carbocycles. The Morgan fingerprint density at radius 2 is 1.25 bits per heavy atom. The Morgan fingerprint density at radius 3 is 1.71 bits per heavy atom. The van der Waals surface area contributed by atoms with Crippen molar-refractivity contribution < 1.29 is 37.8 Å². The first kappa shape index (κ1) is 24.4. The summed E-state index contributed by atoms with van der Waals surface area (Å²) in [5.41, 5.74) is 1.42. The van der Waals surface area contributed by atoms with Crippen LogP contribution in [-0.4, -0.2) is 67.8 Å². The molecule has 0 aliphatic heterocycles. The minimum atomic E-state index is -4.71. The summed E-state index contributed by atoms with van der Waals surface area (Å²) in [6.07, 6.45) is 3.53. The summed E-state index contributed by atoms with van der Waals surface area (Å²) in [4.78, 5) is 18.1. The van der Waals surface area contributed by atoms with Gasteiger partial charge in [0.1, 0.15) is 0 Å². The van der Waals surface area contributed by atoms with Crippen molar-refractivity contribution in [3.8, 4) is 28.7 Å². The maximum absolute atomic E-state index is 11.1. The van der Waals surface area contributed by atoms with Crippen LogP contribution in [0.4, 0.5) is 0 Å². The fourth-order valence-electron chi connectivity index (χ4n) is 2.39. The molecule has 8 nitrogen and oxygen atoms in total. The molecule has 0 aromatic heterocycles. The van der Waals surface area contributed by atoms with Crippen LogP contribution in [0, 0.1) is 0 Å². The van der Waals surface area contributed by atoms with Gasteiger partial charge in [0.05, 0.1) is 28.4 Å². The van der Waals surface area contributed by atoms with Gasteiger partial charge in [-0.1, -0.05) is 18.2 Å². The van der Waals surface area contributed by atoms with Gasteiger partial charge in [0.2, 0.25) is 5.75 Å². The Hall–Kier alpha value is -1.67. The van der Waals surface area contributed by atoms with Crippen molar-refractivity contribution in [3.63, 3.8) is 0 Å². The summed E-state index contributed by atoms with van der Waals surface area (Å²) in [5, 5.41) is 0. The van der Waals surface area contributed by atoms with Crippen LogP contribution in [0.5, 0.6) is 28.7 Å². The van der Waals surface area contributed by atoms with Gasteiger partial charge in [-0.2, -0.15) is 0 Å². The van der Waals surface area contributed by atoms with E-state index in [1.165, 1.54) is 34.5 Å². The van der Waals surface area contributed by atoms with E-state index < -0.39 is 7.82 Å². The Kier molecular flexibility index (Phi) is 9.36. The molecular weight excluding hydrogens is 398 g/mol. The summed E-state index contributed by atoms with van der Waals surface area (Å²) in [5.74, 6) is 1.66. The third kappa shape index (κ3) is 6.44. The van der Waals surface area contributed by atoms with Crippen molar-refractivity contribution in [2.24, 2.45) is 0 Å². The molecule has 0 heterocycles. The predicted molar refractivity (Wildman–Crippen MR) is 106 cm³/mol. The Labute approximate surface area is 185 Å². The molecular formula is C18H21NaO8P. The number of rotatable bonds is 8. The number of benzene rings is 2. The zero-order valence-corrected chi connectivity index (χ0v) is 19.2. The van der Waals surface area contributed by atoms with Crippen molar-refractivity contribution in [2.45, 2.75) is 0 Å². The Bertz CT molecular complexity index is 853. The van der Waals surface area contributed by atoms with Crippen LogP contribution in [0.3, 0.4) is 0 Å². The third-order valence-electron chi connectivity index (χ3n) is 3.56. The van der Waals surface area contributed by atoms with Crippen molar-refractivity contribution in [1.29, 1.82) is 0 Å². The molecule has 0 atom stereocenters. The molecule has 0 fully saturated rings. The number of hydrogen-bond donors (Lipinski definition) is 2.